The largest absolute Gasteiger partial charge is 0.395 e. The predicted molar refractivity (Wildman–Crippen MR) is 34.1 cm³/mol. The van der Waals surface area contributed by atoms with Crippen molar-refractivity contribution in [1.29, 1.82) is 0 Å². The van der Waals surface area contributed by atoms with Crippen LogP contribution in [-0.4, -0.2) is 35.5 Å². The molecule has 0 amide bonds. The molecular formula is C6H13NO2. The molecule has 0 saturated heterocycles. The summed E-state index contributed by atoms with van der Waals surface area (Å²) in [5, 5.41) is 20.5. The van der Waals surface area contributed by atoms with Crippen LogP contribution in [0, 0.1) is 0 Å². The van der Waals surface area contributed by atoms with Gasteiger partial charge in [0, 0.05) is 13.1 Å². The Bertz CT molecular complexity index is 91.1. The summed E-state index contributed by atoms with van der Waals surface area (Å²) in [5.74, 6) is 0. The summed E-state index contributed by atoms with van der Waals surface area (Å²) in [6.45, 7) is 1.37. The van der Waals surface area contributed by atoms with E-state index in [2.05, 4.69) is 5.32 Å². The Morgan fingerprint density at radius 3 is 2.56 bits per heavy atom. The Balaban J connectivity index is 1.92. The molecule has 1 aliphatic rings. The van der Waals surface area contributed by atoms with Gasteiger partial charge in [-0.1, -0.05) is 0 Å². The third-order valence-corrected chi connectivity index (χ3v) is 1.57. The molecule has 0 aromatic heterocycles. The van der Waals surface area contributed by atoms with Crippen molar-refractivity contribution in [3.05, 3.63) is 0 Å². The number of rotatable bonds is 4. The molecule has 0 bridgehead atoms. The molecular weight excluding hydrogens is 118 g/mol. The minimum absolute atomic E-state index is 0.149. The van der Waals surface area contributed by atoms with Crippen LogP contribution in [0.2, 0.25) is 0 Å². The zero-order valence-electron chi connectivity index (χ0n) is 5.43. The summed E-state index contributed by atoms with van der Waals surface area (Å²) in [6, 6.07) is 0. The normalized spacial score (nSPS) is 22.0. The van der Waals surface area contributed by atoms with Crippen molar-refractivity contribution in [2.75, 3.05) is 19.7 Å². The van der Waals surface area contributed by atoms with Crippen LogP contribution < -0.4 is 5.32 Å². The molecule has 1 aliphatic carbocycles. The fraction of sp³-hybridized carbons (Fsp3) is 1.00. The number of nitrogens with one attached hydrogen (secondary N) is 1. The molecule has 0 spiro atoms. The van der Waals surface area contributed by atoms with Gasteiger partial charge in [-0.25, -0.2) is 0 Å². The van der Waals surface area contributed by atoms with Crippen LogP contribution in [0.5, 0.6) is 0 Å². The van der Waals surface area contributed by atoms with Crippen LogP contribution in [0.15, 0.2) is 0 Å². The Kier molecular flexibility index (Phi) is 2.05. The maximum absolute atomic E-state index is 9.21. The van der Waals surface area contributed by atoms with Crippen molar-refractivity contribution in [1.82, 2.24) is 5.32 Å². The van der Waals surface area contributed by atoms with Crippen molar-refractivity contribution >= 4 is 0 Å². The smallest absolute Gasteiger partial charge is 0.0773 e. The summed E-state index contributed by atoms with van der Waals surface area (Å²) in [6.07, 6.45) is 1.82. The summed E-state index contributed by atoms with van der Waals surface area (Å²) < 4.78 is 0. The highest BCUT2D eigenvalue weighted by molar-refractivity contribution is 4.94. The summed E-state index contributed by atoms with van der Waals surface area (Å²) in [5.41, 5.74) is -0.421. The van der Waals surface area contributed by atoms with E-state index in [0.717, 1.165) is 12.8 Å². The zero-order valence-corrected chi connectivity index (χ0v) is 5.43. The lowest BCUT2D eigenvalue weighted by atomic mass is 10.3. The minimum Gasteiger partial charge on any atom is -0.395 e. The van der Waals surface area contributed by atoms with Crippen LogP contribution in [-0.2, 0) is 0 Å². The molecule has 0 aromatic rings. The second-order valence-electron chi connectivity index (χ2n) is 2.62. The highest BCUT2D eigenvalue weighted by Gasteiger charge is 2.39. The minimum atomic E-state index is -0.421. The Labute approximate surface area is 54.7 Å². The van der Waals surface area contributed by atoms with E-state index in [1.54, 1.807) is 0 Å². The first-order chi connectivity index (χ1) is 4.27. The van der Waals surface area contributed by atoms with Crippen LogP contribution in [0.4, 0.5) is 0 Å². The molecule has 1 saturated carbocycles. The summed E-state index contributed by atoms with van der Waals surface area (Å²) in [4.78, 5) is 0. The number of hydrogen-bond acceptors (Lipinski definition) is 3. The maximum atomic E-state index is 9.21. The SMILES string of the molecule is OCCNCC1(O)CC1. The highest BCUT2D eigenvalue weighted by atomic mass is 16.3. The molecule has 1 rings (SSSR count). The van der Waals surface area contributed by atoms with Crippen LogP contribution in [0.25, 0.3) is 0 Å². The number of hydrogen-bond donors (Lipinski definition) is 3. The van der Waals surface area contributed by atoms with Crippen LogP contribution in [0.3, 0.4) is 0 Å². The van der Waals surface area contributed by atoms with Crippen LogP contribution in [0.1, 0.15) is 12.8 Å². The highest BCUT2D eigenvalue weighted by Crippen LogP contribution is 2.33. The molecule has 3 nitrogen and oxygen atoms in total. The fourth-order valence-corrected chi connectivity index (χ4v) is 0.721. The van der Waals surface area contributed by atoms with E-state index in [1.165, 1.54) is 0 Å². The van der Waals surface area contributed by atoms with E-state index in [-0.39, 0.29) is 6.61 Å². The molecule has 54 valence electrons. The van der Waals surface area contributed by atoms with E-state index in [1.807, 2.05) is 0 Å². The van der Waals surface area contributed by atoms with Crippen LogP contribution >= 0.6 is 0 Å². The first-order valence-electron chi connectivity index (χ1n) is 3.31. The number of aliphatic hydroxyl groups excluding tert-OH is 1. The molecule has 0 radical (unpaired) electrons. The molecule has 0 atom stereocenters. The van der Waals surface area contributed by atoms with Gasteiger partial charge in [-0.15, -0.1) is 0 Å². The second-order valence-corrected chi connectivity index (χ2v) is 2.62. The first kappa shape index (κ1) is 6.99. The van der Waals surface area contributed by atoms with Crippen molar-refractivity contribution < 1.29 is 10.2 Å². The summed E-state index contributed by atoms with van der Waals surface area (Å²) in [7, 11) is 0. The Hall–Kier alpha value is -0.120. The fourth-order valence-electron chi connectivity index (χ4n) is 0.721. The van der Waals surface area contributed by atoms with Gasteiger partial charge in [0.15, 0.2) is 0 Å². The lowest BCUT2D eigenvalue weighted by Crippen LogP contribution is -2.30. The van der Waals surface area contributed by atoms with E-state index in [4.69, 9.17) is 5.11 Å². The molecule has 0 unspecified atom stereocenters. The summed E-state index contributed by atoms with van der Waals surface area (Å²) >= 11 is 0. The topological polar surface area (TPSA) is 52.5 Å². The van der Waals surface area contributed by atoms with Gasteiger partial charge >= 0.3 is 0 Å². The molecule has 3 N–H and O–H groups in total. The average molecular weight is 131 g/mol. The number of aliphatic hydroxyl groups is 2. The average Bonchev–Trinajstić information content (AvgIpc) is 2.50. The van der Waals surface area contributed by atoms with Gasteiger partial charge in [-0.2, -0.15) is 0 Å². The molecule has 3 heteroatoms. The molecule has 0 aliphatic heterocycles. The van der Waals surface area contributed by atoms with Gasteiger partial charge in [0.1, 0.15) is 0 Å². The van der Waals surface area contributed by atoms with Gasteiger partial charge in [-0.05, 0) is 12.8 Å². The van der Waals surface area contributed by atoms with Crippen molar-refractivity contribution in [3.63, 3.8) is 0 Å². The van der Waals surface area contributed by atoms with Crippen molar-refractivity contribution in [2.24, 2.45) is 0 Å². The van der Waals surface area contributed by atoms with Gasteiger partial charge in [0.05, 0.1) is 12.2 Å². The molecule has 1 fully saturated rings. The third kappa shape index (κ3) is 2.30. The third-order valence-electron chi connectivity index (χ3n) is 1.57. The van der Waals surface area contributed by atoms with E-state index < -0.39 is 5.60 Å². The monoisotopic (exact) mass is 131 g/mol. The van der Waals surface area contributed by atoms with Gasteiger partial charge in [0.2, 0.25) is 0 Å². The molecule has 0 heterocycles. The van der Waals surface area contributed by atoms with Gasteiger partial charge in [-0.3, -0.25) is 0 Å². The van der Waals surface area contributed by atoms with E-state index in [0.29, 0.717) is 13.1 Å². The first-order valence-corrected chi connectivity index (χ1v) is 3.31. The lowest BCUT2D eigenvalue weighted by Gasteiger charge is -2.06. The Morgan fingerprint density at radius 1 is 1.44 bits per heavy atom. The standard InChI is InChI=1S/C6H13NO2/c8-4-3-7-5-6(9)1-2-6/h7-9H,1-5H2. The van der Waals surface area contributed by atoms with Gasteiger partial charge < -0.3 is 15.5 Å². The Morgan fingerprint density at radius 2 is 2.11 bits per heavy atom. The van der Waals surface area contributed by atoms with Gasteiger partial charge in [0.25, 0.3) is 0 Å². The van der Waals surface area contributed by atoms with Crippen molar-refractivity contribution in [3.8, 4) is 0 Å². The zero-order chi connectivity index (χ0) is 6.74. The molecule has 9 heavy (non-hydrogen) atoms. The maximum Gasteiger partial charge on any atom is 0.0773 e. The second kappa shape index (κ2) is 2.64. The quantitative estimate of drug-likeness (QED) is 0.433. The van der Waals surface area contributed by atoms with E-state index >= 15 is 0 Å². The lowest BCUT2D eigenvalue weighted by molar-refractivity contribution is 0.145. The predicted octanol–water partition coefficient (Wildman–Crippen LogP) is -0.907. The van der Waals surface area contributed by atoms with E-state index in [9.17, 15) is 5.11 Å². The molecule has 0 aromatic carbocycles. The van der Waals surface area contributed by atoms with Crippen molar-refractivity contribution in [2.45, 2.75) is 18.4 Å².